The second kappa shape index (κ2) is 11.6. The van der Waals surface area contributed by atoms with Gasteiger partial charge in [-0.2, -0.15) is 0 Å². The van der Waals surface area contributed by atoms with Crippen molar-refractivity contribution in [2.24, 2.45) is 10.9 Å². The summed E-state index contributed by atoms with van der Waals surface area (Å²) in [5.74, 6) is 1.33. The number of likely N-dealkylation sites (tertiary alicyclic amines) is 1. The molecular weight excluding hydrogens is 493 g/mol. The predicted molar refractivity (Wildman–Crippen MR) is 121 cm³/mol. The summed E-state index contributed by atoms with van der Waals surface area (Å²) in [6.45, 7) is 2.28. The molecular formula is C18H30IN5O3S. The standard InChI is InChI=1S/C18H29N5O3S.HI/c1-19-17(24)12-14-8-10-23(11-9-14)18(20-2)22-13-15-4-6-16(7-5-15)27(25,26)21-3;/h4-7,14,21H,8-13H2,1-3H3,(H,19,24)(H,20,22);1H. The molecule has 1 heterocycles. The van der Waals surface area contributed by atoms with Gasteiger partial charge in [0, 0.05) is 40.2 Å². The molecule has 0 aliphatic carbocycles. The van der Waals surface area contributed by atoms with E-state index in [2.05, 4.69) is 25.2 Å². The van der Waals surface area contributed by atoms with Crippen LogP contribution < -0.4 is 15.4 Å². The highest BCUT2D eigenvalue weighted by Gasteiger charge is 2.23. The zero-order valence-electron chi connectivity index (χ0n) is 16.6. The number of hydrogen-bond donors (Lipinski definition) is 3. The molecule has 0 radical (unpaired) electrons. The number of carbonyl (C=O) groups excluding carboxylic acids is 1. The van der Waals surface area contributed by atoms with E-state index in [1.54, 1.807) is 38.4 Å². The third-order valence-corrected chi connectivity index (χ3v) is 6.26. The van der Waals surface area contributed by atoms with Crippen molar-refractivity contribution in [1.29, 1.82) is 0 Å². The van der Waals surface area contributed by atoms with E-state index in [-0.39, 0.29) is 34.8 Å². The maximum Gasteiger partial charge on any atom is 0.240 e. The topological polar surface area (TPSA) is 103 Å². The Labute approximate surface area is 184 Å². The molecule has 3 N–H and O–H groups in total. The number of amides is 1. The molecule has 1 aliphatic heterocycles. The number of piperidine rings is 1. The van der Waals surface area contributed by atoms with Crippen molar-refractivity contribution in [2.45, 2.75) is 30.7 Å². The molecule has 1 saturated heterocycles. The first kappa shape index (κ1) is 24.6. The highest BCUT2D eigenvalue weighted by Crippen LogP contribution is 2.20. The van der Waals surface area contributed by atoms with E-state index in [1.807, 2.05) is 0 Å². The van der Waals surface area contributed by atoms with Gasteiger partial charge >= 0.3 is 0 Å². The van der Waals surface area contributed by atoms with Gasteiger partial charge in [-0.15, -0.1) is 24.0 Å². The monoisotopic (exact) mass is 523 g/mol. The number of benzene rings is 1. The summed E-state index contributed by atoms with van der Waals surface area (Å²) >= 11 is 0. The summed E-state index contributed by atoms with van der Waals surface area (Å²) in [6.07, 6.45) is 2.51. The Balaban J connectivity index is 0.00000392. The molecule has 0 spiro atoms. The molecule has 28 heavy (non-hydrogen) atoms. The van der Waals surface area contributed by atoms with Crippen molar-refractivity contribution in [3.05, 3.63) is 29.8 Å². The highest BCUT2D eigenvalue weighted by molar-refractivity contribution is 14.0. The Morgan fingerprint density at radius 3 is 2.29 bits per heavy atom. The molecule has 1 fully saturated rings. The van der Waals surface area contributed by atoms with Gasteiger partial charge in [0.25, 0.3) is 0 Å². The fourth-order valence-electron chi connectivity index (χ4n) is 3.13. The third kappa shape index (κ3) is 6.89. The van der Waals surface area contributed by atoms with Gasteiger partial charge in [-0.25, -0.2) is 13.1 Å². The van der Waals surface area contributed by atoms with Gasteiger partial charge in [0.05, 0.1) is 4.90 Å². The number of sulfonamides is 1. The van der Waals surface area contributed by atoms with Gasteiger partial charge in [-0.05, 0) is 43.5 Å². The van der Waals surface area contributed by atoms with Crippen LogP contribution >= 0.6 is 24.0 Å². The van der Waals surface area contributed by atoms with E-state index in [0.717, 1.165) is 37.5 Å². The summed E-state index contributed by atoms with van der Waals surface area (Å²) < 4.78 is 25.8. The second-order valence-electron chi connectivity index (χ2n) is 6.56. The number of halogens is 1. The molecule has 8 nitrogen and oxygen atoms in total. The molecule has 10 heteroatoms. The Kier molecular flexibility index (Phi) is 10.2. The molecule has 1 aromatic rings. The minimum absolute atomic E-state index is 0. The third-order valence-electron chi connectivity index (χ3n) is 4.83. The fourth-order valence-corrected chi connectivity index (χ4v) is 3.86. The lowest BCUT2D eigenvalue weighted by Crippen LogP contribution is -2.45. The molecule has 158 valence electrons. The smallest absolute Gasteiger partial charge is 0.240 e. The molecule has 2 rings (SSSR count). The molecule has 0 aromatic heterocycles. The zero-order valence-corrected chi connectivity index (χ0v) is 19.7. The number of hydrogen-bond acceptors (Lipinski definition) is 4. The van der Waals surface area contributed by atoms with Crippen LogP contribution in [-0.2, 0) is 21.4 Å². The van der Waals surface area contributed by atoms with E-state index in [1.165, 1.54) is 7.05 Å². The molecule has 1 aliphatic rings. The minimum atomic E-state index is -3.41. The highest BCUT2D eigenvalue weighted by atomic mass is 127. The Bertz CT molecular complexity index is 760. The number of aliphatic imine (C=N–C) groups is 1. The molecule has 1 amide bonds. The average Bonchev–Trinajstić information content (AvgIpc) is 2.69. The van der Waals surface area contributed by atoms with Crippen LogP contribution in [0.4, 0.5) is 0 Å². The van der Waals surface area contributed by atoms with Crippen molar-refractivity contribution < 1.29 is 13.2 Å². The summed E-state index contributed by atoms with van der Waals surface area (Å²) in [5, 5.41) is 6.01. The number of guanidine groups is 1. The van der Waals surface area contributed by atoms with Crippen molar-refractivity contribution in [3.8, 4) is 0 Å². The van der Waals surface area contributed by atoms with E-state index in [4.69, 9.17) is 0 Å². The quantitative estimate of drug-likeness (QED) is 0.295. The Morgan fingerprint density at radius 2 is 1.79 bits per heavy atom. The van der Waals surface area contributed by atoms with Crippen LogP contribution in [0.2, 0.25) is 0 Å². The second-order valence-corrected chi connectivity index (χ2v) is 8.45. The maximum atomic E-state index is 11.8. The van der Waals surface area contributed by atoms with Gasteiger partial charge in [0.2, 0.25) is 15.9 Å². The molecule has 0 atom stereocenters. The number of nitrogens with one attached hydrogen (secondary N) is 3. The lowest BCUT2D eigenvalue weighted by molar-refractivity contribution is -0.121. The molecule has 0 saturated carbocycles. The predicted octanol–water partition coefficient (Wildman–Crippen LogP) is 1.14. The minimum Gasteiger partial charge on any atom is -0.359 e. The van der Waals surface area contributed by atoms with Crippen LogP contribution in [0.3, 0.4) is 0 Å². The lowest BCUT2D eigenvalue weighted by Gasteiger charge is -2.34. The zero-order chi connectivity index (χ0) is 19.9. The summed E-state index contributed by atoms with van der Waals surface area (Å²) in [7, 11) is 1.40. The van der Waals surface area contributed by atoms with Crippen LogP contribution in [0.1, 0.15) is 24.8 Å². The number of nitrogens with zero attached hydrogens (tertiary/aromatic N) is 2. The fraction of sp³-hybridized carbons (Fsp3) is 0.556. The van der Waals surface area contributed by atoms with Crippen molar-refractivity contribution >= 4 is 45.9 Å². The first-order valence-electron chi connectivity index (χ1n) is 9.08. The summed E-state index contributed by atoms with van der Waals surface area (Å²) in [6, 6.07) is 6.77. The largest absolute Gasteiger partial charge is 0.359 e. The molecule has 0 bridgehead atoms. The Morgan fingerprint density at radius 1 is 1.18 bits per heavy atom. The van der Waals surface area contributed by atoms with Gasteiger partial charge in [-0.1, -0.05) is 12.1 Å². The Hall–Kier alpha value is -1.40. The first-order valence-corrected chi connectivity index (χ1v) is 10.6. The van der Waals surface area contributed by atoms with Gasteiger partial charge in [0.1, 0.15) is 0 Å². The van der Waals surface area contributed by atoms with Gasteiger partial charge in [0.15, 0.2) is 5.96 Å². The molecule has 0 unspecified atom stereocenters. The normalized spacial score (nSPS) is 15.7. The number of rotatable bonds is 6. The van der Waals surface area contributed by atoms with Crippen LogP contribution in [0.15, 0.2) is 34.2 Å². The molecule has 1 aromatic carbocycles. The van der Waals surface area contributed by atoms with E-state index < -0.39 is 10.0 Å². The van der Waals surface area contributed by atoms with Crippen LogP contribution in [0.5, 0.6) is 0 Å². The first-order chi connectivity index (χ1) is 12.9. The van der Waals surface area contributed by atoms with Crippen LogP contribution in [0, 0.1) is 5.92 Å². The van der Waals surface area contributed by atoms with Crippen molar-refractivity contribution in [1.82, 2.24) is 20.3 Å². The van der Waals surface area contributed by atoms with Crippen molar-refractivity contribution in [3.63, 3.8) is 0 Å². The van der Waals surface area contributed by atoms with Gasteiger partial charge in [-0.3, -0.25) is 9.79 Å². The van der Waals surface area contributed by atoms with E-state index in [0.29, 0.717) is 18.9 Å². The summed E-state index contributed by atoms with van der Waals surface area (Å²) in [4.78, 5) is 18.3. The lowest BCUT2D eigenvalue weighted by atomic mass is 9.93. The van der Waals surface area contributed by atoms with E-state index in [9.17, 15) is 13.2 Å². The number of carbonyl (C=O) groups is 1. The van der Waals surface area contributed by atoms with Crippen molar-refractivity contribution in [2.75, 3.05) is 34.2 Å². The SMILES string of the molecule is CN=C(NCc1ccc(S(=O)(=O)NC)cc1)N1CCC(CC(=O)NC)CC1.I. The maximum absolute atomic E-state index is 11.8. The van der Waals surface area contributed by atoms with E-state index >= 15 is 0 Å². The van der Waals surface area contributed by atoms with Gasteiger partial charge < -0.3 is 15.5 Å². The summed E-state index contributed by atoms with van der Waals surface area (Å²) in [5.41, 5.74) is 0.973. The average molecular weight is 523 g/mol. The van der Waals surface area contributed by atoms with Crippen LogP contribution in [0.25, 0.3) is 0 Å². The van der Waals surface area contributed by atoms with Crippen LogP contribution in [-0.4, -0.2) is 59.4 Å².